The van der Waals surface area contributed by atoms with Crippen molar-refractivity contribution in [2.45, 2.75) is 87.6 Å². The third-order valence-electron chi connectivity index (χ3n) is 13.7. The standard InChI is InChI=1S/C46H53N5O6Si/c1-31-42(58(2,3)56)40(26-41(53)48-28-34-14-8-7-13-33(34)25-37(48)29-52)57-46(31)38-18-9-10-19-39(38)49(44(46)55)27-32-12-11-17-36(24-32)50-30-51(35-15-5-4-6-16-35)45(43(50)54)20-22-47-23-21-45/h4-19,24,31,37,40,42,47,52,56H,20-23,25-30H2,1-3H3/t31-,37-,40+,42-,46+/m0/s1. The molecule has 3 fully saturated rings. The van der Waals surface area contributed by atoms with E-state index in [0.29, 0.717) is 32.5 Å². The van der Waals surface area contributed by atoms with Crippen molar-refractivity contribution in [3.8, 4) is 0 Å². The number of nitrogens with one attached hydrogen (secondary N) is 1. The SMILES string of the molecule is C[C@H]1[C@H]([Si](C)(C)O)[C@@H](CC(=O)N2Cc3ccccc3C[C@H]2CO)O[C@]12C(=O)N(Cc1cccc(N3CN(c4ccccc4)C4(CCNCC4)C3=O)c1)c1ccccc12. The number of nitrogens with zero attached hydrogens (tertiary/aromatic N) is 4. The van der Waals surface area contributed by atoms with Crippen LogP contribution in [0.25, 0.3) is 0 Å². The van der Waals surface area contributed by atoms with Crippen LogP contribution in [0.15, 0.2) is 103 Å². The number of aliphatic hydroxyl groups excluding tert-OH is 1. The fraction of sp³-hybridized carbons (Fsp3) is 0.413. The minimum Gasteiger partial charge on any atom is -0.432 e. The molecule has 3 saturated heterocycles. The molecule has 0 bridgehead atoms. The van der Waals surface area contributed by atoms with E-state index in [2.05, 4.69) is 22.3 Å². The number of piperidine rings is 1. The van der Waals surface area contributed by atoms with Gasteiger partial charge in [-0.2, -0.15) is 0 Å². The van der Waals surface area contributed by atoms with Gasteiger partial charge < -0.3 is 34.7 Å². The molecule has 0 radical (unpaired) electrons. The Morgan fingerprint density at radius 3 is 2.31 bits per heavy atom. The van der Waals surface area contributed by atoms with Crippen LogP contribution >= 0.6 is 0 Å². The van der Waals surface area contributed by atoms with Crippen molar-refractivity contribution >= 4 is 43.1 Å². The van der Waals surface area contributed by atoms with Gasteiger partial charge in [0.25, 0.3) is 11.8 Å². The summed E-state index contributed by atoms with van der Waals surface area (Å²) in [6.45, 7) is 8.16. The summed E-state index contributed by atoms with van der Waals surface area (Å²) < 4.78 is 7.01. The molecule has 9 rings (SSSR count). The molecule has 4 aromatic carbocycles. The predicted octanol–water partition coefficient (Wildman–Crippen LogP) is 5.30. The molecule has 11 nitrogen and oxygen atoms in total. The second-order valence-electron chi connectivity index (χ2n) is 17.4. The molecule has 3 N–H and O–H groups in total. The van der Waals surface area contributed by atoms with Crippen LogP contribution < -0.4 is 20.0 Å². The van der Waals surface area contributed by atoms with Gasteiger partial charge in [0.1, 0.15) is 5.54 Å². The molecule has 0 saturated carbocycles. The highest BCUT2D eigenvalue weighted by Crippen LogP contribution is 2.60. The molecular formula is C46H53N5O6Si. The molecular weight excluding hydrogens is 747 g/mol. The molecule has 4 aromatic rings. The molecule has 58 heavy (non-hydrogen) atoms. The molecule has 5 aliphatic rings. The quantitative estimate of drug-likeness (QED) is 0.205. The molecule has 3 amide bonds. The van der Waals surface area contributed by atoms with Crippen molar-refractivity contribution in [3.05, 3.63) is 125 Å². The van der Waals surface area contributed by atoms with Gasteiger partial charge >= 0.3 is 0 Å². The molecule has 0 aliphatic carbocycles. The van der Waals surface area contributed by atoms with Gasteiger partial charge in [0, 0.05) is 34.9 Å². The van der Waals surface area contributed by atoms with Crippen molar-refractivity contribution in [2.75, 3.05) is 41.1 Å². The number of amides is 3. The lowest BCUT2D eigenvalue weighted by atomic mass is 9.82. The summed E-state index contributed by atoms with van der Waals surface area (Å²) in [6.07, 6.45) is 1.27. The van der Waals surface area contributed by atoms with Crippen LogP contribution in [-0.4, -0.2) is 84.9 Å². The van der Waals surface area contributed by atoms with Gasteiger partial charge in [-0.1, -0.05) is 79.7 Å². The zero-order chi connectivity index (χ0) is 40.4. The average molecular weight is 800 g/mol. The summed E-state index contributed by atoms with van der Waals surface area (Å²) in [5.74, 6) is -0.714. The fourth-order valence-corrected chi connectivity index (χ4v) is 13.4. The number of aliphatic hydroxyl groups is 1. The molecule has 0 unspecified atom stereocenters. The van der Waals surface area contributed by atoms with Crippen LogP contribution in [0.2, 0.25) is 18.6 Å². The Kier molecular flexibility index (Phi) is 9.83. The normalized spacial score (nSPS) is 26.5. The highest BCUT2D eigenvalue weighted by molar-refractivity contribution is 6.71. The third kappa shape index (κ3) is 6.19. The van der Waals surface area contributed by atoms with Gasteiger partial charge in [0.05, 0.1) is 44.1 Å². The Balaban J connectivity index is 1.00. The van der Waals surface area contributed by atoms with E-state index in [1.165, 1.54) is 0 Å². The smallest absolute Gasteiger partial charge is 0.264 e. The minimum atomic E-state index is -3.03. The van der Waals surface area contributed by atoms with Crippen LogP contribution in [0.3, 0.4) is 0 Å². The Morgan fingerprint density at radius 1 is 0.879 bits per heavy atom. The summed E-state index contributed by atoms with van der Waals surface area (Å²) in [4.78, 5) is 63.4. The number of carbonyl (C=O) groups is 3. The molecule has 12 heteroatoms. The van der Waals surface area contributed by atoms with E-state index in [1.54, 1.807) is 9.80 Å². The first-order chi connectivity index (χ1) is 28.0. The van der Waals surface area contributed by atoms with E-state index < -0.39 is 37.0 Å². The van der Waals surface area contributed by atoms with Crippen LogP contribution in [0.5, 0.6) is 0 Å². The summed E-state index contributed by atoms with van der Waals surface area (Å²) in [5.41, 5.74) is 3.88. The molecule has 5 heterocycles. The van der Waals surface area contributed by atoms with Crippen molar-refractivity contribution in [1.29, 1.82) is 0 Å². The minimum absolute atomic E-state index is 0.00861. The highest BCUT2D eigenvalue weighted by Gasteiger charge is 2.66. The lowest BCUT2D eigenvalue weighted by Crippen LogP contribution is -2.55. The van der Waals surface area contributed by atoms with E-state index >= 15 is 4.79 Å². The summed E-state index contributed by atoms with van der Waals surface area (Å²) in [7, 11) is -3.03. The number of fused-ring (bicyclic) bond motifs is 3. The molecule has 0 aromatic heterocycles. The number of hydrogen-bond donors (Lipinski definition) is 3. The average Bonchev–Trinajstić information content (AvgIpc) is 3.78. The maximum atomic E-state index is 15.2. The monoisotopic (exact) mass is 799 g/mol. The number of hydrogen-bond acceptors (Lipinski definition) is 8. The van der Waals surface area contributed by atoms with E-state index in [9.17, 15) is 19.5 Å². The lowest BCUT2D eigenvalue weighted by molar-refractivity contribution is -0.151. The first kappa shape index (κ1) is 38.7. The van der Waals surface area contributed by atoms with Gasteiger partial charge in [0.2, 0.25) is 5.91 Å². The van der Waals surface area contributed by atoms with Crippen LogP contribution in [0.4, 0.5) is 17.1 Å². The number of para-hydroxylation sites is 2. The van der Waals surface area contributed by atoms with Gasteiger partial charge in [0.15, 0.2) is 13.9 Å². The number of rotatable bonds is 8. The van der Waals surface area contributed by atoms with E-state index in [0.717, 1.165) is 52.4 Å². The van der Waals surface area contributed by atoms with Gasteiger partial charge in [-0.25, -0.2) is 0 Å². The van der Waals surface area contributed by atoms with Crippen LogP contribution in [0, 0.1) is 5.92 Å². The molecule has 302 valence electrons. The Morgan fingerprint density at radius 2 is 1.57 bits per heavy atom. The number of ether oxygens (including phenoxy) is 1. The van der Waals surface area contributed by atoms with Crippen molar-refractivity contribution in [3.63, 3.8) is 0 Å². The summed E-state index contributed by atoms with van der Waals surface area (Å²) >= 11 is 0. The maximum Gasteiger partial charge on any atom is 0.264 e. The summed E-state index contributed by atoms with van der Waals surface area (Å²) in [6, 6.07) is 33.4. The predicted molar refractivity (Wildman–Crippen MR) is 226 cm³/mol. The Labute approximate surface area is 341 Å². The first-order valence-electron chi connectivity index (χ1n) is 20.7. The van der Waals surface area contributed by atoms with Crippen molar-refractivity contribution in [1.82, 2.24) is 10.2 Å². The zero-order valence-corrected chi connectivity index (χ0v) is 34.5. The molecule has 5 atom stereocenters. The number of anilines is 3. The largest absolute Gasteiger partial charge is 0.432 e. The number of benzene rings is 4. The molecule has 2 spiro atoms. The van der Waals surface area contributed by atoms with Crippen LogP contribution in [-0.2, 0) is 44.2 Å². The van der Waals surface area contributed by atoms with E-state index in [4.69, 9.17) is 4.74 Å². The van der Waals surface area contributed by atoms with Gasteiger partial charge in [-0.3, -0.25) is 19.3 Å². The van der Waals surface area contributed by atoms with E-state index in [-0.39, 0.29) is 43.3 Å². The second kappa shape index (κ2) is 14.8. The second-order valence-corrected chi connectivity index (χ2v) is 21.4. The summed E-state index contributed by atoms with van der Waals surface area (Å²) in [5, 5.41) is 13.8. The first-order valence-corrected chi connectivity index (χ1v) is 23.7. The van der Waals surface area contributed by atoms with Crippen molar-refractivity contribution < 1.29 is 29.0 Å². The zero-order valence-electron chi connectivity index (χ0n) is 33.5. The molecule has 5 aliphatic heterocycles. The van der Waals surface area contributed by atoms with Crippen LogP contribution in [0.1, 0.15) is 48.4 Å². The maximum absolute atomic E-state index is 15.2. The Bertz CT molecular complexity index is 2230. The van der Waals surface area contributed by atoms with Gasteiger partial charge in [-0.15, -0.1) is 0 Å². The lowest BCUT2D eigenvalue weighted by Gasteiger charge is -2.39. The van der Waals surface area contributed by atoms with Crippen molar-refractivity contribution in [2.24, 2.45) is 5.92 Å². The van der Waals surface area contributed by atoms with E-state index in [1.807, 2.05) is 116 Å². The number of carbonyl (C=O) groups excluding carboxylic acids is 3. The highest BCUT2D eigenvalue weighted by atomic mass is 28.4. The topological polar surface area (TPSA) is 126 Å². The fourth-order valence-electron chi connectivity index (χ4n) is 10.9. The third-order valence-corrected chi connectivity index (χ3v) is 16.2. The Hall–Kier alpha value is -4.85. The van der Waals surface area contributed by atoms with Gasteiger partial charge in [-0.05, 0) is 92.5 Å².